The summed E-state index contributed by atoms with van der Waals surface area (Å²) >= 11 is 0. The number of ether oxygens (including phenoxy) is 2. The molecule has 110 valence electrons. The van der Waals surface area contributed by atoms with Crippen LogP contribution in [0.4, 0.5) is 4.79 Å². The van der Waals surface area contributed by atoms with Gasteiger partial charge in [0.1, 0.15) is 18.2 Å². The lowest BCUT2D eigenvalue weighted by Crippen LogP contribution is -2.47. The molecule has 0 aliphatic rings. The van der Waals surface area contributed by atoms with Crippen LogP contribution in [0.3, 0.4) is 0 Å². The summed E-state index contributed by atoms with van der Waals surface area (Å²) in [5.74, 6) is -1.01. The van der Waals surface area contributed by atoms with E-state index < -0.39 is 29.6 Å². The minimum Gasteiger partial charge on any atom is -0.465 e. The molecule has 0 unspecified atom stereocenters. The van der Waals surface area contributed by atoms with Crippen LogP contribution >= 0.6 is 0 Å². The fourth-order valence-electron chi connectivity index (χ4n) is 1.07. The Labute approximate surface area is 113 Å². The lowest BCUT2D eigenvalue weighted by molar-refractivity contribution is -0.143. The average molecular weight is 274 g/mol. The average Bonchev–Trinajstić information content (AvgIpc) is 2.23. The molecule has 0 heterocycles. The summed E-state index contributed by atoms with van der Waals surface area (Å²) < 4.78 is 9.65. The summed E-state index contributed by atoms with van der Waals surface area (Å²) in [4.78, 5) is 34.0. The van der Waals surface area contributed by atoms with Crippen molar-refractivity contribution in [3.05, 3.63) is 0 Å². The third kappa shape index (κ3) is 8.87. The minimum atomic E-state index is -0.802. The monoisotopic (exact) mass is 274 g/mol. The van der Waals surface area contributed by atoms with Gasteiger partial charge in [-0.05, 0) is 34.6 Å². The molecule has 0 fully saturated rings. The Kier molecular flexibility index (Phi) is 6.89. The number of nitrogens with one attached hydrogen (secondary N) is 2. The normalized spacial score (nSPS) is 12.3. The van der Waals surface area contributed by atoms with E-state index >= 15 is 0 Å². The summed E-state index contributed by atoms with van der Waals surface area (Å²) in [5.41, 5.74) is -0.634. The standard InChI is InChI=1S/C12H22N2O5/c1-6-18-9(15)7-13-10(16)8(2)14-11(17)19-12(3,4)5/h8H,6-7H2,1-5H3,(H,13,16)(H,14,17)/t8-/m0/s1. The highest BCUT2D eigenvalue weighted by atomic mass is 16.6. The molecule has 0 saturated heterocycles. The molecule has 0 aliphatic carbocycles. The lowest BCUT2D eigenvalue weighted by Gasteiger charge is -2.21. The molecule has 0 aromatic rings. The van der Waals surface area contributed by atoms with Gasteiger partial charge < -0.3 is 20.1 Å². The minimum absolute atomic E-state index is 0.229. The van der Waals surface area contributed by atoms with Gasteiger partial charge >= 0.3 is 12.1 Å². The first-order valence-electron chi connectivity index (χ1n) is 6.08. The highest BCUT2D eigenvalue weighted by Gasteiger charge is 2.21. The molecule has 7 nitrogen and oxygen atoms in total. The zero-order valence-corrected chi connectivity index (χ0v) is 12.0. The van der Waals surface area contributed by atoms with Gasteiger partial charge in [-0.3, -0.25) is 9.59 Å². The molecule has 0 saturated carbocycles. The van der Waals surface area contributed by atoms with Crippen LogP contribution in [0.2, 0.25) is 0 Å². The number of alkyl carbamates (subject to hydrolysis) is 1. The van der Waals surface area contributed by atoms with E-state index in [1.165, 1.54) is 6.92 Å². The van der Waals surface area contributed by atoms with Crippen molar-refractivity contribution >= 4 is 18.0 Å². The predicted molar refractivity (Wildman–Crippen MR) is 68.5 cm³/mol. The Bertz CT molecular complexity index is 336. The second-order valence-electron chi connectivity index (χ2n) is 4.89. The van der Waals surface area contributed by atoms with Crippen LogP contribution in [0.1, 0.15) is 34.6 Å². The summed E-state index contributed by atoms with van der Waals surface area (Å²) in [6.45, 7) is 8.35. The maximum absolute atomic E-state index is 11.6. The molecule has 0 spiro atoms. The first-order valence-corrected chi connectivity index (χ1v) is 6.08. The fourth-order valence-corrected chi connectivity index (χ4v) is 1.07. The summed E-state index contributed by atoms with van der Waals surface area (Å²) in [6, 6.07) is -0.802. The highest BCUT2D eigenvalue weighted by molar-refractivity contribution is 5.87. The molecule has 0 radical (unpaired) electrons. The number of hydrogen-bond donors (Lipinski definition) is 2. The fraction of sp³-hybridized carbons (Fsp3) is 0.750. The Hall–Kier alpha value is -1.79. The van der Waals surface area contributed by atoms with E-state index in [0.717, 1.165) is 0 Å². The van der Waals surface area contributed by atoms with E-state index in [9.17, 15) is 14.4 Å². The summed E-state index contributed by atoms with van der Waals surface area (Å²) in [6.07, 6.45) is -0.689. The molecule has 7 heteroatoms. The maximum atomic E-state index is 11.6. The van der Waals surface area contributed by atoms with Gasteiger partial charge in [-0.1, -0.05) is 0 Å². The summed E-state index contributed by atoms with van der Waals surface area (Å²) in [7, 11) is 0. The molecule has 2 amide bonds. The van der Waals surface area contributed by atoms with Gasteiger partial charge in [0, 0.05) is 0 Å². The van der Waals surface area contributed by atoms with E-state index in [0.29, 0.717) is 0 Å². The molecule has 0 aromatic carbocycles. The Morgan fingerprint density at radius 3 is 2.26 bits per heavy atom. The smallest absolute Gasteiger partial charge is 0.408 e. The van der Waals surface area contributed by atoms with Crippen molar-refractivity contribution in [3.63, 3.8) is 0 Å². The molecule has 0 aliphatic heterocycles. The molecule has 2 N–H and O–H groups in total. The van der Waals surface area contributed by atoms with Crippen molar-refractivity contribution in [1.29, 1.82) is 0 Å². The second-order valence-corrected chi connectivity index (χ2v) is 4.89. The molecular formula is C12H22N2O5. The van der Waals surface area contributed by atoms with Gasteiger partial charge in [-0.15, -0.1) is 0 Å². The van der Waals surface area contributed by atoms with Crippen LogP contribution in [0, 0.1) is 0 Å². The van der Waals surface area contributed by atoms with E-state index in [1.807, 2.05) is 0 Å². The molecule has 0 bridgehead atoms. The van der Waals surface area contributed by atoms with Crippen LogP contribution in [0.25, 0.3) is 0 Å². The van der Waals surface area contributed by atoms with Crippen LogP contribution in [0.5, 0.6) is 0 Å². The van der Waals surface area contributed by atoms with E-state index in [2.05, 4.69) is 15.4 Å². The topological polar surface area (TPSA) is 93.7 Å². The van der Waals surface area contributed by atoms with Crippen molar-refractivity contribution in [2.45, 2.75) is 46.3 Å². The number of esters is 1. The van der Waals surface area contributed by atoms with Crippen molar-refractivity contribution in [1.82, 2.24) is 10.6 Å². The van der Waals surface area contributed by atoms with Crippen LogP contribution < -0.4 is 10.6 Å². The number of carbonyl (C=O) groups is 3. The molecule has 19 heavy (non-hydrogen) atoms. The first-order chi connectivity index (χ1) is 8.65. The maximum Gasteiger partial charge on any atom is 0.408 e. The SMILES string of the molecule is CCOC(=O)CNC(=O)[C@H](C)NC(=O)OC(C)(C)C. The number of hydrogen-bond acceptors (Lipinski definition) is 5. The zero-order valence-electron chi connectivity index (χ0n) is 12.0. The van der Waals surface area contributed by atoms with Crippen LogP contribution in [0.15, 0.2) is 0 Å². The first kappa shape index (κ1) is 17.2. The van der Waals surface area contributed by atoms with Crippen LogP contribution in [-0.2, 0) is 19.1 Å². The van der Waals surface area contributed by atoms with Crippen LogP contribution in [-0.4, -0.2) is 42.8 Å². The van der Waals surface area contributed by atoms with Crippen molar-refractivity contribution in [2.24, 2.45) is 0 Å². The number of amides is 2. The van der Waals surface area contributed by atoms with Gasteiger partial charge in [0.2, 0.25) is 5.91 Å². The van der Waals surface area contributed by atoms with Crippen molar-refractivity contribution in [3.8, 4) is 0 Å². The Balaban J connectivity index is 4.07. The molecule has 1 atom stereocenters. The van der Waals surface area contributed by atoms with E-state index in [-0.39, 0.29) is 13.2 Å². The predicted octanol–water partition coefficient (Wildman–Crippen LogP) is 0.579. The molecule has 0 aromatic heterocycles. The Morgan fingerprint density at radius 1 is 1.21 bits per heavy atom. The lowest BCUT2D eigenvalue weighted by atomic mass is 10.2. The number of carbonyl (C=O) groups excluding carboxylic acids is 3. The third-order valence-electron chi connectivity index (χ3n) is 1.84. The van der Waals surface area contributed by atoms with Crippen molar-refractivity contribution < 1.29 is 23.9 Å². The summed E-state index contributed by atoms with van der Waals surface area (Å²) in [5, 5.41) is 4.72. The van der Waals surface area contributed by atoms with Gasteiger partial charge in [0.05, 0.1) is 6.61 Å². The Morgan fingerprint density at radius 2 is 1.79 bits per heavy atom. The zero-order chi connectivity index (χ0) is 15.1. The van der Waals surface area contributed by atoms with E-state index in [1.54, 1.807) is 27.7 Å². The molecular weight excluding hydrogens is 252 g/mol. The van der Waals surface area contributed by atoms with Gasteiger partial charge in [-0.2, -0.15) is 0 Å². The van der Waals surface area contributed by atoms with E-state index in [4.69, 9.17) is 4.74 Å². The van der Waals surface area contributed by atoms with Gasteiger partial charge in [0.25, 0.3) is 0 Å². The van der Waals surface area contributed by atoms with Crippen molar-refractivity contribution in [2.75, 3.05) is 13.2 Å². The van der Waals surface area contributed by atoms with Gasteiger partial charge in [-0.25, -0.2) is 4.79 Å². The molecule has 0 rings (SSSR count). The largest absolute Gasteiger partial charge is 0.465 e. The second kappa shape index (κ2) is 7.60. The third-order valence-corrected chi connectivity index (χ3v) is 1.84. The van der Waals surface area contributed by atoms with Gasteiger partial charge in [0.15, 0.2) is 0 Å². The highest BCUT2D eigenvalue weighted by Crippen LogP contribution is 2.06. The quantitative estimate of drug-likeness (QED) is 0.715. The number of rotatable bonds is 5.